The van der Waals surface area contributed by atoms with Crippen LogP contribution in [0, 0.1) is 17.8 Å². The molecule has 0 radical (unpaired) electrons. The molecular weight excluding hydrogens is 283 g/mol. The Hall–Kier alpha value is 3.34. The van der Waals surface area contributed by atoms with Gasteiger partial charge in [-0.25, -0.2) is 4.57 Å². The maximum atomic E-state index is 10.6. The van der Waals surface area contributed by atoms with Crippen LogP contribution in [0.25, 0.3) is 0 Å². The molecule has 0 saturated carbocycles. The zero-order valence-electron chi connectivity index (χ0n) is 9.04. The number of rotatable bonds is 5. The summed E-state index contributed by atoms with van der Waals surface area (Å²) >= 11 is 0. The van der Waals surface area contributed by atoms with Gasteiger partial charge in [0.2, 0.25) is 0 Å². The SMILES string of the molecule is CC(C)C(C(C)C)C(N)OP(=O)(O)O.[KH].[KH]. The van der Waals surface area contributed by atoms with Gasteiger partial charge >= 0.3 is 111 Å². The Bertz CT molecular complexity index is 214. The summed E-state index contributed by atoms with van der Waals surface area (Å²) in [6.45, 7) is 7.81. The van der Waals surface area contributed by atoms with Crippen molar-refractivity contribution in [1.82, 2.24) is 0 Å². The molecule has 0 aromatic rings. The molecule has 0 spiro atoms. The molecule has 0 amide bonds. The summed E-state index contributed by atoms with van der Waals surface area (Å²) in [5.41, 5.74) is 5.59. The number of hydrogen-bond acceptors (Lipinski definition) is 3. The topological polar surface area (TPSA) is 92.8 Å². The summed E-state index contributed by atoms with van der Waals surface area (Å²) in [7, 11) is -4.48. The van der Waals surface area contributed by atoms with Crippen LogP contribution in [0.3, 0.4) is 0 Å². The molecule has 1 atom stereocenters. The van der Waals surface area contributed by atoms with Crippen LogP contribution in [0.1, 0.15) is 27.7 Å². The Morgan fingerprint density at radius 1 is 1.06 bits per heavy atom. The van der Waals surface area contributed by atoms with E-state index >= 15 is 0 Å². The molecule has 0 saturated heterocycles. The second-order valence-electron chi connectivity index (χ2n) is 4.13. The minimum absolute atomic E-state index is 0. The first-order valence-electron chi connectivity index (χ1n) is 4.64. The van der Waals surface area contributed by atoms with Crippen LogP contribution in [0.4, 0.5) is 0 Å². The molecular formula is C8H22K2NO4P. The minimum atomic E-state index is -4.48. The van der Waals surface area contributed by atoms with Gasteiger partial charge < -0.3 is 15.5 Å². The van der Waals surface area contributed by atoms with Crippen molar-refractivity contribution in [2.45, 2.75) is 33.9 Å². The van der Waals surface area contributed by atoms with Gasteiger partial charge in [0.15, 0.2) is 0 Å². The van der Waals surface area contributed by atoms with Crippen LogP contribution in [0.2, 0.25) is 0 Å². The van der Waals surface area contributed by atoms with Gasteiger partial charge in [-0.3, -0.25) is 4.52 Å². The van der Waals surface area contributed by atoms with Crippen molar-refractivity contribution in [2.75, 3.05) is 0 Å². The Morgan fingerprint density at radius 2 is 1.38 bits per heavy atom. The van der Waals surface area contributed by atoms with Crippen LogP contribution in [-0.4, -0.2) is 119 Å². The van der Waals surface area contributed by atoms with E-state index in [-0.39, 0.29) is 121 Å². The van der Waals surface area contributed by atoms with Crippen molar-refractivity contribution in [3.8, 4) is 0 Å². The number of phosphoric acid groups is 1. The third-order valence-corrected chi connectivity index (χ3v) is 2.70. The molecule has 1 unspecified atom stereocenters. The Morgan fingerprint density at radius 3 is 1.56 bits per heavy atom. The fourth-order valence-corrected chi connectivity index (χ4v) is 2.22. The van der Waals surface area contributed by atoms with Crippen LogP contribution in [-0.2, 0) is 9.09 Å². The van der Waals surface area contributed by atoms with Gasteiger partial charge in [0, 0.05) is 5.92 Å². The van der Waals surface area contributed by atoms with Crippen LogP contribution in [0.5, 0.6) is 0 Å². The Kier molecular flexibility index (Phi) is 16.8. The zero-order chi connectivity index (χ0) is 11.5. The Labute approximate surface area is 183 Å². The van der Waals surface area contributed by atoms with Gasteiger partial charge in [-0.05, 0) is 11.8 Å². The fraction of sp³-hybridized carbons (Fsp3) is 1.00. The summed E-state index contributed by atoms with van der Waals surface area (Å²) in [6, 6.07) is 0. The second kappa shape index (κ2) is 11.1. The molecule has 8 heteroatoms. The summed E-state index contributed by atoms with van der Waals surface area (Å²) in [5.74, 6) is 0.371. The van der Waals surface area contributed by atoms with Gasteiger partial charge in [-0.1, -0.05) is 27.7 Å². The molecule has 0 aromatic carbocycles. The number of phosphoric ester groups is 1. The van der Waals surface area contributed by atoms with E-state index in [0.29, 0.717) is 0 Å². The van der Waals surface area contributed by atoms with Gasteiger partial charge in [-0.2, -0.15) is 0 Å². The molecule has 4 N–H and O–H groups in total. The van der Waals surface area contributed by atoms with E-state index < -0.39 is 14.1 Å². The standard InChI is InChI=1S/C8H20NO4P.2K.2H/c1-5(2)7(6(3)4)8(9)13-14(10,11)12;;;;/h5-8H,9H2,1-4H3,(H2,10,11,12);;;;. The molecule has 0 bridgehead atoms. The zero-order valence-corrected chi connectivity index (χ0v) is 9.94. The van der Waals surface area contributed by atoms with E-state index in [1.165, 1.54) is 0 Å². The molecule has 0 aliphatic carbocycles. The summed E-state index contributed by atoms with van der Waals surface area (Å²) in [4.78, 5) is 17.2. The first kappa shape index (κ1) is 24.4. The van der Waals surface area contributed by atoms with Crippen molar-refractivity contribution < 1.29 is 18.9 Å². The summed E-state index contributed by atoms with van der Waals surface area (Å²) < 4.78 is 15.1. The maximum absolute atomic E-state index is 10.6. The van der Waals surface area contributed by atoms with E-state index in [1.807, 2.05) is 27.7 Å². The van der Waals surface area contributed by atoms with Crippen molar-refractivity contribution >= 4 is 111 Å². The van der Waals surface area contributed by atoms with Gasteiger partial charge in [0.05, 0.1) is 0 Å². The van der Waals surface area contributed by atoms with Crippen molar-refractivity contribution in [2.24, 2.45) is 23.5 Å². The first-order valence-corrected chi connectivity index (χ1v) is 6.17. The van der Waals surface area contributed by atoms with Crippen LogP contribution < -0.4 is 5.73 Å². The van der Waals surface area contributed by atoms with Gasteiger partial charge in [0.25, 0.3) is 0 Å². The third kappa shape index (κ3) is 11.2. The second-order valence-corrected chi connectivity index (χ2v) is 5.32. The first-order chi connectivity index (χ1) is 6.15. The van der Waals surface area contributed by atoms with E-state index in [0.717, 1.165) is 0 Å². The predicted molar refractivity (Wildman–Crippen MR) is 68.6 cm³/mol. The van der Waals surface area contributed by atoms with E-state index in [1.54, 1.807) is 0 Å². The third-order valence-electron chi connectivity index (χ3n) is 2.18. The van der Waals surface area contributed by atoms with Crippen LogP contribution in [0.15, 0.2) is 0 Å². The number of hydrogen-bond donors (Lipinski definition) is 3. The fourth-order valence-electron chi connectivity index (χ4n) is 1.76. The number of nitrogens with two attached hydrogens (primary N) is 1. The van der Waals surface area contributed by atoms with E-state index in [4.69, 9.17) is 15.5 Å². The van der Waals surface area contributed by atoms with Crippen LogP contribution >= 0.6 is 7.82 Å². The Balaban J connectivity index is -0.000000845. The molecule has 0 aliphatic heterocycles. The monoisotopic (exact) mass is 305 g/mol. The molecule has 0 aromatic heterocycles. The molecule has 5 nitrogen and oxygen atoms in total. The van der Waals surface area contributed by atoms with E-state index in [2.05, 4.69) is 4.52 Å². The van der Waals surface area contributed by atoms with Crippen molar-refractivity contribution in [3.63, 3.8) is 0 Å². The summed E-state index contributed by atoms with van der Waals surface area (Å²) in [6.07, 6.45) is -0.921. The van der Waals surface area contributed by atoms with Gasteiger partial charge in [0.1, 0.15) is 6.23 Å². The molecule has 90 valence electrons. The average Bonchev–Trinajstić information content (AvgIpc) is 1.78. The normalized spacial score (nSPS) is 13.6. The van der Waals surface area contributed by atoms with Crippen molar-refractivity contribution in [3.05, 3.63) is 0 Å². The van der Waals surface area contributed by atoms with E-state index in [9.17, 15) is 4.57 Å². The quantitative estimate of drug-likeness (QED) is 0.378. The molecule has 0 rings (SSSR count). The van der Waals surface area contributed by atoms with Gasteiger partial charge in [-0.15, -0.1) is 0 Å². The average molecular weight is 305 g/mol. The molecule has 0 aliphatic rings. The molecule has 0 heterocycles. The summed E-state index contributed by atoms with van der Waals surface area (Å²) in [5, 5.41) is 0. The van der Waals surface area contributed by atoms with Crippen molar-refractivity contribution in [1.29, 1.82) is 0 Å². The predicted octanol–water partition coefficient (Wildman–Crippen LogP) is 0.0117. The molecule has 16 heavy (non-hydrogen) atoms. The molecule has 0 fully saturated rings.